The molecule has 0 aliphatic carbocycles. The van der Waals surface area contributed by atoms with Gasteiger partial charge in [-0.1, -0.05) is 29.8 Å². The molecule has 2 rings (SSSR count). The lowest BCUT2D eigenvalue weighted by Gasteiger charge is -2.17. The van der Waals surface area contributed by atoms with Gasteiger partial charge in [0.25, 0.3) is 0 Å². The van der Waals surface area contributed by atoms with E-state index in [9.17, 15) is 0 Å². The van der Waals surface area contributed by atoms with Crippen LogP contribution in [0.4, 0.5) is 5.69 Å². The van der Waals surface area contributed by atoms with Crippen LogP contribution in [0.3, 0.4) is 0 Å². The summed E-state index contributed by atoms with van der Waals surface area (Å²) in [6.45, 7) is 4.23. The molecule has 0 bridgehead atoms. The zero-order valence-electron chi connectivity index (χ0n) is 12.4. The first-order chi connectivity index (χ1) is 9.63. The highest BCUT2D eigenvalue weighted by molar-refractivity contribution is 5.55. The Morgan fingerprint density at radius 2 is 1.55 bits per heavy atom. The molecule has 0 amide bonds. The first kappa shape index (κ1) is 14.3. The predicted molar refractivity (Wildman–Crippen MR) is 82.8 cm³/mol. The second-order valence-electron chi connectivity index (χ2n) is 4.85. The third kappa shape index (κ3) is 3.23. The Morgan fingerprint density at radius 1 is 0.900 bits per heavy atom. The molecule has 0 aliphatic rings. The predicted octanol–water partition coefficient (Wildman–Crippen LogP) is 4.19. The van der Waals surface area contributed by atoms with Crippen LogP contribution in [0.1, 0.15) is 24.1 Å². The Bertz CT molecular complexity index is 564. The summed E-state index contributed by atoms with van der Waals surface area (Å²) in [5.74, 6) is 1.47. The van der Waals surface area contributed by atoms with Crippen LogP contribution < -0.4 is 14.8 Å². The van der Waals surface area contributed by atoms with Gasteiger partial charge in [-0.05, 0) is 31.5 Å². The van der Waals surface area contributed by atoms with Crippen molar-refractivity contribution >= 4 is 5.69 Å². The summed E-state index contributed by atoms with van der Waals surface area (Å²) < 4.78 is 10.6. The van der Waals surface area contributed by atoms with Crippen LogP contribution in [0.15, 0.2) is 42.5 Å². The van der Waals surface area contributed by atoms with E-state index in [1.54, 1.807) is 14.2 Å². The number of rotatable bonds is 5. The molecule has 1 unspecified atom stereocenters. The van der Waals surface area contributed by atoms with Gasteiger partial charge in [-0.15, -0.1) is 0 Å². The van der Waals surface area contributed by atoms with Gasteiger partial charge in [0.2, 0.25) is 0 Å². The summed E-state index contributed by atoms with van der Waals surface area (Å²) in [6.07, 6.45) is 0. The van der Waals surface area contributed by atoms with Crippen LogP contribution in [0, 0.1) is 6.92 Å². The molecule has 0 fully saturated rings. The van der Waals surface area contributed by atoms with E-state index in [4.69, 9.17) is 9.47 Å². The summed E-state index contributed by atoms with van der Waals surface area (Å²) in [7, 11) is 3.28. The van der Waals surface area contributed by atoms with Crippen LogP contribution in [0.25, 0.3) is 0 Å². The molecule has 0 aliphatic heterocycles. The largest absolute Gasteiger partial charge is 0.493 e. The molecular formula is C17H21NO2. The second kappa shape index (κ2) is 6.33. The lowest BCUT2D eigenvalue weighted by molar-refractivity contribution is 0.355. The number of anilines is 1. The lowest BCUT2D eigenvalue weighted by Crippen LogP contribution is -2.06. The molecule has 3 nitrogen and oxygen atoms in total. The Kier molecular flexibility index (Phi) is 4.51. The fourth-order valence-corrected chi connectivity index (χ4v) is 2.11. The van der Waals surface area contributed by atoms with Gasteiger partial charge >= 0.3 is 0 Å². The van der Waals surface area contributed by atoms with Crippen molar-refractivity contribution in [3.63, 3.8) is 0 Å². The Morgan fingerprint density at radius 3 is 2.15 bits per heavy atom. The molecule has 2 aromatic rings. The van der Waals surface area contributed by atoms with Crippen molar-refractivity contribution in [2.24, 2.45) is 0 Å². The molecule has 20 heavy (non-hydrogen) atoms. The van der Waals surface area contributed by atoms with Crippen LogP contribution in [-0.2, 0) is 0 Å². The average molecular weight is 271 g/mol. The van der Waals surface area contributed by atoms with Gasteiger partial charge in [0.05, 0.1) is 14.2 Å². The molecule has 0 spiro atoms. The standard InChI is InChI=1S/C17H21NO2/c1-12-5-7-14(8-6-12)13(2)18-15-9-10-16(19-3)17(11-15)20-4/h5-11,13,18H,1-4H3. The van der Waals surface area contributed by atoms with Gasteiger partial charge in [0.15, 0.2) is 11.5 Å². The van der Waals surface area contributed by atoms with Gasteiger partial charge in [-0.3, -0.25) is 0 Å². The van der Waals surface area contributed by atoms with Crippen molar-refractivity contribution in [2.75, 3.05) is 19.5 Å². The topological polar surface area (TPSA) is 30.5 Å². The van der Waals surface area contributed by atoms with Crippen LogP contribution in [0.5, 0.6) is 11.5 Å². The Labute approximate surface area is 120 Å². The van der Waals surface area contributed by atoms with E-state index in [-0.39, 0.29) is 6.04 Å². The van der Waals surface area contributed by atoms with E-state index < -0.39 is 0 Å². The normalized spacial score (nSPS) is 11.8. The summed E-state index contributed by atoms with van der Waals surface area (Å²) in [5.41, 5.74) is 3.54. The molecule has 1 N–H and O–H groups in total. The summed E-state index contributed by atoms with van der Waals surface area (Å²) >= 11 is 0. The third-order valence-electron chi connectivity index (χ3n) is 3.34. The van der Waals surface area contributed by atoms with Crippen LogP contribution >= 0.6 is 0 Å². The number of hydrogen-bond acceptors (Lipinski definition) is 3. The number of nitrogens with one attached hydrogen (secondary N) is 1. The number of ether oxygens (including phenoxy) is 2. The number of aryl methyl sites for hydroxylation is 1. The van der Waals surface area contributed by atoms with Crippen molar-refractivity contribution in [1.29, 1.82) is 0 Å². The van der Waals surface area contributed by atoms with E-state index >= 15 is 0 Å². The highest BCUT2D eigenvalue weighted by Gasteiger charge is 2.08. The maximum Gasteiger partial charge on any atom is 0.162 e. The first-order valence-electron chi connectivity index (χ1n) is 6.69. The molecule has 2 aromatic carbocycles. The van der Waals surface area contributed by atoms with Gasteiger partial charge < -0.3 is 14.8 Å². The molecular weight excluding hydrogens is 250 g/mol. The van der Waals surface area contributed by atoms with E-state index in [2.05, 4.69) is 43.4 Å². The number of benzene rings is 2. The Balaban J connectivity index is 2.15. The highest BCUT2D eigenvalue weighted by Crippen LogP contribution is 2.31. The minimum absolute atomic E-state index is 0.230. The molecule has 0 aromatic heterocycles. The molecule has 0 saturated heterocycles. The van der Waals surface area contributed by atoms with Gasteiger partial charge in [-0.25, -0.2) is 0 Å². The maximum atomic E-state index is 5.31. The van der Waals surface area contributed by atoms with Crippen LogP contribution in [0.2, 0.25) is 0 Å². The van der Waals surface area contributed by atoms with Crippen molar-refractivity contribution in [2.45, 2.75) is 19.9 Å². The third-order valence-corrected chi connectivity index (χ3v) is 3.34. The maximum absolute atomic E-state index is 5.31. The fourth-order valence-electron chi connectivity index (χ4n) is 2.11. The van der Waals surface area contributed by atoms with Crippen LogP contribution in [-0.4, -0.2) is 14.2 Å². The lowest BCUT2D eigenvalue weighted by atomic mass is 10.1. The van der Waals surface area contributed by atoms with Crippen molar-refractivity contribution in [1.82, 2.24) is 0 Å². The number of methoxy groups -OCH3 is 2. The summed E-state index contributed by atoms with van der Waals surface area (Å²) in [4.78, 5) is 0. The van der Waals surface area contributed by atoms with Crippen molar-refractivity contribution < 1.29 is 9.47 Å². The molecule has 3 heteroatoms. The molecule has 106 valence electrons. The minimum Gasteiger partial charge on any atom is -0.493 e. The van der Waals surface area contributed by atoms with Gasteiger partial charge in [-0.2, -0.15) is 0 Å². The smallest absolute Gasteiger partial charge is 0.162 e. The molecule has 1 atom stereocenters. The SMILES string of the molecule is COc1ccc(NC(C)c2ccc(C)cc2)cc1OC. The first-order valence-corrected chi connectivity index (χ1v) is 6.69. The highest BCUT2D eigenvalue weighted by atomic mass is 16.5. The minimum atomic E-state index is 0.230. The van der Waals surface area contributed by atoms with E-state index in [1.165, 1.54) is 11.1 Å². The molecule has 0 saturated carbocycles. The monoisotopic (exact) mass is 271 g/mol. The Hall–Kier alpha value is -2.16. The van der Waals surface area contributed by atoms with E-state index in [1.807, 2.05) is 18.2 Å². The van der Waals surface area contributed by atoms with E-state index in [0.29, 0.717) is 0 Å². The molecule has 0 radical (unpaired) electrons. The zero-order chi connectivity index (χ0) is 14.5. The molecule has 0 heterocycles. The van der Waals surface area contributed by atoms with Gasteiger partial charge in [0, 0.05) is 17.8 Å². The summed E-state index contributed by atoms with van der Waals surface area (Å²) in [6, 6.07) is 14.6. The fraction of sp³-hybridized carbons (Fsp3) is 0.294. The summed E-state index contributed by atoms with van der Waals surface area (Å²) in [5, 5.41) is 3.47. The zero-order valence-corrected chi connectivity index (χ0v) is 12.4. The van der Waals surface area contributed by atoms with Gasteiger partial charge in [0.1, 0.15) is 0 Å². The van der Waals surface area contributed by atoms with Crippen molar-refractivity contribution in [3.8, 4) is 11.5 Å². The van der Waals surface area contributed by atoms with Crippen molar-refractivity contribution in [3.05, 3.63) is 53.6 Å². The number of hydrogen-bond donors (Lipinski definition) is 1. The quantitative estimate of drug-likeness (QED) is 0.884. The average Bonchev–Trinajstić information content (AvgIpc) is 2.47. The van der Waals surface area contributed by atoms with E-state index in [0.717, 1.165) is 17.2 Å². The second-order valence-corrected chi connectivity index (χ2v) is 4.85.